The second-order valence-corrected chi connectivity index (χ2v) is 3.97. The largest absolute Gasteiger partial charge is 0.465 e. The summed E-state index contributed by atoms with van der Waals surface area (Å²) in [7, 11) is 0. The Morgan fingerprint density at radius 2 is 1.89 bits per heavy atom. The van der Waals surface area contributed by atoms with E-state index in [0.29, 0.717) is 5.56 Å². The van der Waals surface area contributed by atoms with Crippen LogP contribution in [0, 0.1) is 5.92 Å². The van der Waals surface area contributed by atoms with Crippen LogP contribution >= 0.6 is 0 Å². The molecule has 5 heteroatoms. The Hall–Kier alpha value is -2.17. The van der Waals surface area contributed by atoms with Gasteiger partial charge in [0.1, 0.15) is 0 Å². The Morgan fingerprint density at radius 1 is 1.22 bits per heavy atom. The first kappa shape index (κ1) is 12.3. The van der Waals surface area contributed by atoms with E-state index in [4.69, 9.17) is 4.74 Å². The average molecular weight is 247 g/mol. The third-order valence-electron chi connectivity index (χ3n) is 2.84. The van der Waals surface area contributed by atoms with Crippen molar-refractivity contribution in [2.45, 2.75) is 12.8 Å². The van der Waals surface area contributed by atoms with Crippen LogP contribution < -0.4 is 5.32 Å². The summed E-state index contributed by atoms with van der Waals surface area (Å²) in [5.41, 5.74) is 0.638. The molecule has 0 aliphatic carbocycles. The Bertz CT molecular complexity index is 483. The van der Waals surface area contributed by atoms with Crippen LogP contribution in [0.5, 0.6) is 0 Å². The summed E-state index contributed by atoms with van der Waals surface area (Å²) in [6.45, 7) is 1.84. The van der Waals surface area contributed by atoms with Gasteiger partial charge in [0.2, 0.25) is 11.8 Å². The van der Waals surface area contributed by atoms with Gasteiger partial charge in [-0.3, -0.25) is 19.7 Å². The Balaban J connectivity index is 2.34. The van der Waals surface area contributed by atoms with Crippen LogP contribution in [0.2, 0.25) is 0 Å². The van der Waals surface area contributed by atoms with Crippen LogP contribution in [-0.2, 0) is 19.1 Å². The number of esters is 1. The molecule has 1 aliphatic rings. The van der Waals surface area contributed by atoms with E-state index in [9.17, 15) is 14.4 Å². The lowest BCUT2D eigenvalue weighted by Crippen LogP contribution is -2.28. The maximum absolute atomic E-state index is 11.8. The molecule has 1 N–H and O–H groups in total. The topological polar surface area (TPSA) is 72.5 Å². The Morgan fingerprint density at radius 3 is 2.50 bits per heavy atom. The van der Waals surface area contributed by atoms with Crippen molar-refractivity contribution >= 4 is 17.8 Å². The fraction of sp³-hybridized carbons (Fsp3) is 0.308. The van der Waals surface area contributed by atoms with Crippen LogP contribution in [0.15, 0.2) is 30.3 Å². The minimum atomic E-state index is -1.08. The molecule has 0 bridgehead atoms. The summed E-state index contributed by atoms with van der Waals surface area (Å²) in [5.74, 6) is -3.58. The van der Waals surface area contributed by atoms with Gasteiger partial charge in [0.05, 0.1) is 12.5 Å². The molecule has 0 radical (unpaired) electrons. The summed E-state index contributed by atoms with van der Waals surface area (Å²) in [5, 5.41) is 2.18. The van der Waals surface area contributed by atoms with Gasteiger partial charge in [-0.2, -0.15) is 0 Å². The number of hydrogen-bond acceptors (Lipinski definition) is 4. The number of imide groups is 1. The minimum Gasteiger partial charge on any atom is -0.465 e. The lowest BCUT2D eigenvalue weighted by atomic mass is 9.88. The molecule has 2 amide bonds. The first-order valence-corrected chi connectivity index (χ1v) is 5.71. The highest BCUT2D eigenvalue weighted by molar-refractivity contribution is 6.15. The minimum absolute atomic E-state index is 0.179. The first-order chi connectivity index (χ1) is 8.65. The smallest absolute Gasteiger partial charge is 0.319 e. The number of ether oxygens (including phenoxy) is 1. The van der Waals surface area contributed by atoms with Crippen molar-refractivity contribution in [2.75, 3.05) is 6.61 Å². The van der Waals surface area contributed by atoms with Crippen LogP contribution in [0.3, 0.4) is 0 Å². The van der Waals surface area contributed by atoms with Gasteiger partial charge in [0, 0.05) is 0 Å². The van der Waals surface area contributed by atoms with E-state index in [2.05, 4.69) is 5.32 Å². The number of benzene rings is 1. The van der Waals surface area contributed by atoms with Crippen molar-refractivity contribution in [1.29, 1.82) is 0 Å². The van der Waals surface area contributed by atoms with Crippen LogP contribution in [-0.4, -0.2) is 24.4 Å². The molecule has 94 valence electrons. The predicted octanol–water partition coefficient (Wildman–Crippen LogP) is 0.606. The fourth-order valence-corrected chi connectivity index (χ4v) is 2.06. The van der Waals surface area contributed by atoms with Gasteiger partial charge in [-0.05, 0) is 12.5 Å². The summed E-state index contributed by atoms with van der Waals surface area (Å²) >= 11 is 0. The standard InChI is InChI=1S/C13H13NO4/c1-2-18-13(17)10-9(11(15)14-12(10)16)8-6-4-3-5-7-8/h3-7,9-10H,2H2,1H3,(H,14,15,16)/t9-,10-/m0/s1. The van der Waals surface area contributed by atoms with Crippen LogP contribution in [0.1, 0.15) is 18.4 Å². The Kier molecular flexibility index (Phi) is 3.41. The summed E-state index contributed by atoms with van der Waals surface area (Å²) in [6, 6.07) is 8.75. The third-order valence-corrected chi connectivity index (χ3v) is 2.84. The number of nitrogens with one attached hydrogen (secondary N) is 1. The van der Waals surface area contributed by atoms with E-state index < -0.39 is 29.6 Å². The SMILES string of the molecule is CCOC(=O)[C@@H]1C(=O)NC(=O)[C@H]1c1ccccc1. The zero-order valence-electron chi connectivity index (χ0n) is 9.88. The maximum atomic E-state index is 11.8. The second kappa shape index (κ2) is 5.00. The predicted molar refractivity (Wildman–Crippen MR) is 62.5 cm³/mol. The number of hydrogen-bond donors (Lipinski definition) is 1. The van der Waals surface area contributed by atoms with E-state index in [1.54, 1.807) is 37.3 Å². The molecule has 2 rings (SSSR count). The molecule has 1 heterocycles. The molecule has 5 nitrogen and oxygen atoms in total. The molecule has 1 aromatic carbocycles. The zero-order chi connectivity index (χ0) is 13.1. The number of amides is 2. The quantitative estimate of drug-likeness (QED) is 0.482. The van der Waals surface area contributed by atoms with Crippen LogP contribution in [0.4, 0.5) is 0 Å². The molecule has 1 fully saturated rings. The van der Waals surface area contributed by atoms with Crippen molar-refractivity contribution in [3.63, 3.8) is 0 Å². The number of carbonyl (C=O) groups excluding carboxylic acids is 3. The zero-order valence-corrected chi connectivity index (χ0v) is 9.88. The molecule has 0 aromatic heterocycles. The molecule has 18 heavy (non-hydrogen) atoms. The second-order valence-electron chi connectivity index (χ2n) is 3.97. The molecule has 0 spiro atoms. The highest BCUT2D eigenvalue weighted by Crippen LogP contribution is 2.30. The van der Waals surface area contributed by atoms with E-state index >= 15 is 0 Å². The highest BCUT2D eigenvalue weighted by Gasteiger charge is 2.47. The number of rotatable bonds is 3. The lowest BCUT2D eigenvalue weighted by molar-refractivity contribution is -0.151. The average Bonchev–Trinajstić information content (AvgIpc) is 2.65. The highest BCUT2D eigenvalue weighted by atomic mass is 16.5. The molecule has 2 atom stereocenters. The lowest BCUT2D eigenvalue weighted by Gasteiger charge is -2.14. The Labute approximate surface area is 104 Å². The van der Waals surface area contributed by atoms with Gasteiger partial charge in [-0.1, -0.05) is 30.3 Å². The van der Waals surface area contributed by atoms with E-state index in [1.165, 1.54) is 0 Å². The molecule has 0 unspecified atom stereocenters. The van der Waals surface area contributed by atoms with Crippen molar-refractivity contribution in [1.82, 2.24) is 5.32 Å². The first-order valence-electron chi connectivity index (χ1n) is 5.71. The van der Waals surface area contributed by atoms with Crippen molar-refractivity contribution in [3.8, 4) is 0 Å². The van der Waals surface area contributed by atoms with Crippen LogP contribution in [0.25, 0.3) is 0 Å². The van der Waals surface area contributed by atoms with Gasteiger partial charge >= 0.3 is 5.97 Å². The van der Waals surface area contributed by atoms with E-state index in [1.807, 2.05) is 0 Å². The van der Waals surface area contributed by atoms with Gasteiger partial charge in [0.25, 0.3) is 0 Å². The molecule has 1 aliphatic heterocycles. The van der Waals surface area contributed by atoms with Crippen molar-refractivity contribution < 1.29 is 19.1 Å². The molecule has 1 saturated heterocycles. The summed E-state index contributed by atoms with van der Waals surface area (Å²) < 4.78 is 4.84. The van der Waals surface area contributed by atoms with Crippen molar-refractivity contribution in [3.05, 3.63) is 35.9 Å². The summed E-state index contributed by atoms with van der Waals surface area (Å²) in [4.78, 5) is 35.2. The van der Waals surface area contributed by atoms with Gasteiger partial charge < -0.3 is 4.74 Å². The molecule has 0 saturated carbocycles. The normalized spacial score (nSPS) is 22.7. The maximum Gasteiger partial charge on any atom is 0.319 e. The van der Waals surface area contributed by atoms with Crippen molar-refractivity contribution in [2.24, 2.45) is 5.92 Å². The third kappa shape index (κ3) is 2.11. The van der Waals surface area contributed by atoms with Gasteiger partial charge in [-0.25, -0.2) is 0 Å². The van der Waals surface area contributed by atoms with E-state index in [-0.39, 0.29) is 6.61 Å². The molecular weight excluding hydrogens is 234 g/mol. The van der Waals surface area contributed by atoms with Gasteiger partial charge in [0.15, 0.2) is 5.92 Å². The number of carbonyl (C=O) groups is 3. The molecule has 1 aromatic rings. The monoisotopic (exact) mass is 247 g/mol. The molecular formula is C13H13NO4. The summed E-state index contributed by atoms with van der Waals surface area (Å²) in [6.07, 6.45) is 0. The van der Waals surface area contributed by atoms with E-state index in [0.717, 1.165) is 0 Å². The fourth-order valence-electron chi connectivity index (χ4n) is 2.06. The van der Waals surface area contributed by atoms with Gasteiger partial charge in [-0.15, -0.1) is 0 Å².